The lowest BCUT2D eigenvalue weighted by Crippen LogP contribution is -1.87. The number of hydrogen-bond donors (Lipinski definition) is 1. The first-order valence-electron chi connectivity index (χ1n) is 4.04. The van der Waals surface area contributed by atoms with E-state index in [0.29, 0.717) is 5.75 Å². The Morgan fingerprint density at radius 1 is 1.23 bits per heavy atom. The Bertz CT molecular complexity index is 238. The van der Waals surface area contributed by atoms with Gasteiger partial charge in [0.15, 0.2) is 0 Å². The van der Waals surface area contributed by atoms with Gasteiger partial charge in [-0.3, -0.25) is 0 Å². The Morgan fingerprint density at radius 3 is 2.15 bits per heavy atom. The van der Waals surface area contributed by atoms with Crippen molar-refractivity contribution in [3.63, 3.8) is 0 Å². The molecule has 3 heteroatoms. The normalized spacial score (nSPS) is 7.77. The van der Waals surface area contributed by atoms with Crippen molar-refractivity contribution >= 4 is 0 Å². The van der Waals surface area contributed by atoms with Gasteiger partial charge in [-0.15, -0.1) is 0 Å². The highest BCUT2D eigenvalue weighted by Gasteiger charge is 1.97. The van der Waals surface area contributed by atoms with Gasteiger partial charge in [0, 0.05) is 6.07 Å². The molecule has 76 valence electrons. The third-order valence-corrected chi connectivity index (χ3v) is 1.37. The zero-order valence-electron chi connectivity index (χ0n) is 8.73. The molecular weight excluding hydrogens is 169 g/mol. The van der Waals surface area contributed by atoms with Crippen LogP contribution in [0.2, 0.25) is 0 Å². The maximum absolute atomic E-state index is 12.5. The lowest BCUT2D eigenvalue weighted by Gasteiger charge is -2.02. The molecule has 1 aromatic carbocycles. The average molecular weight is 187 g/mol. The van der Waals surface area contributed by atoms with Gasteiger partial charge in [-0.25, -0.2) is 4.39 Å². The molecule has 13 heavy (non-hydrogen) atoms. The highest BCUT2D eigenvalue weighted by atomic mass is 19.1. The maximum Gasteiger partial charge on any atom is 0.126 e. The van der Waals surface area contributed by atoms with Crippen LogP contribution >= 0.6 is 0 Å². The van der Waals surface area contributed by atoms with Gasteiger partial charge in [0.25, 0.3) is 0 Å². The fourth-order valence-electron chi connectivity index (χ4n) is 0.794. The van der Waals surface area contributed by atoms with Crippen LogP contribution in [0.25, 0.3) is 0 Å². The second-order valence-electron chi connectivity index (χ2n) is 2.11. The van der Waals surface area contributed by atoms with E-state index >= 15 is 0 Å². The van der Waals surface area contributed by atoms with Crippen LogP contribution in [0.1, 0.15) is 19.4 Å². The van der Waals surface area contributed by atoms with Crippen molar-refractivity contribution in [3.05, 3.63) is 29.6 Å². The van der Waals surface area contributed by atoms with Gasteiger partial charge < -0.3 is 10.9 Å². The minimum atomic E-state index is -0.262. The van der Waals surface area contributed by atoms with Crippen molar-refractivity contribution in [1.29, 1.82) is 0 Å². The van der Waals surface area contributed by atoms with Crippen LogP contribution in [0.3, 0.4) is 0 Å². The van der Waals surface area contributed by atoms with Gasteiger partial charge in [-0.1, -0.05) is 19.9 Å². The molecule has 0 aromatic heterocycles. The quantitative estimate of drug-likeness (QED) is 0.732. The van der Waals surface area contributed by atoms with E-state index in [1.165, 1.54) is 19.2 Å². The summed E-state index contributed by atoms with van der Waals surface area (Å²) in [4.78, 5) is 0. The summed E-state index contributed by atoms with van der Waals surface area (Å²) in [5.41, 5.74) is 0.948. The van der Waals surface area contributed by atoms with Crippen molar-refractivity contribution in [2.75, 3.05) is 7.11 Å². The predicted molar refractivity (Wildman–Crippen MR) is 54.1 cm³/mol. The van der Waals surface area contributed by atoms with E-state index < -0.39 is 0 Å². The third-order valence-electron chi connectivity index (χ3n) is 1.37. The highest BCUT2D eigenvalue weighted by molar-refractivity contribution is 5.32. The minimum absolute atomic E-state index is 0. The molecule has 1 aromatic rings. The highest BCUT2D eigenvalue weighted by Crippen LogP contribution is 2.17. The molecule has 0 spiro atoms. The molecule has 0 saturated carbocycles. The number of hydrogen-bond acceptors (Lipinski definition) is 2. The summed E-state index contributed by atoms with van der Waals surface area (Å²) in [5, 5.41) is 0. The maximum atomic E-state index is 12.5. The Kier molecular flexibility index (Phi) is 8.39. The van der Waals surface area contributed by atoms with E-state index in [1.54, 1.807) is 6.07 Å². The molecule has 0 unspecified atom stereocenters. The van der Waals surface area contributed by atoms with Crippen molar-refractivity contribution in [3.8, 4) is 5.75 Å². The van der Waals surface area contributed by atoms with Crippen molar-refractivity contribution in [2.45, 2.75) is 20.8 Å². The molecular formula is C10H18FNO. The van der Waals surface area contributed by atoms with Crippen molar-refractivity contribution in [1.82, 2.24) is 6.15 Å². The van der Waals surface area contributed by atoms with E-state index in [1.807, 2.05) is 20.8 Å². The van der Waals surface area contributed by atoms with Gasteiger partial charge in [0.2, 0.25) is 0 Å². The number of rotatable bonds is 1. The smallest absolute Gasteiger partial charge is 0.126 e. The van der Waals surface area contributed by atoms with E-state index in [-0.39, 0.29) is 12.0 Å². The summed E-state index contributed by atoms with van der Waals surface area (Å²) in [6.45, 7) is 5.87. The molecule has 0 fully saturated rings. The van der Waals surface area contributed by atoms with Gasteiger partial charge >= 0.3 is 0 Å². The Labute approximate surface area is 79.3 Å². The van der Waals surface area contributed by atoms with Gasteiger partial charge in [-0.2, -0.15) is 0 Å². The summed E-state index contributed by atoms with van der Waals surface area (Å²) in [5.74, 6) is 0.336. The second kappa shape index (κ2) is 7.55. The fraction of sp³-hybridized carbons (Fsp3) is 0.400. The van der Waals surface area contributed by atoms with Crippen LogP contribution in [-0.4, -0.2) is 7.11 Å². The standard InChI is InChI=1S/C8H9FO.C2H6.H3N/c1-6-3-4-7(9)5-8(6)10-2;1-2;/h3-5H,1-2H3;1-2H3;1H3. The Hall–Kier alpha value is -1.09. The van der Waals surface area contributed by atoms with Crippen LogP contribution < -0.4 is 10.9 Å². The summed E-state index contributed by atoms with van der Waals surface area (Å²) in [6.07, 6.45) is 0. The molecule has 0 atom stereocenters. The van der Waals surface area contributed by atoms with Crippen LogP contribution in [0.5, 0.6) is 5.75 Å². The number of benzene rings is 1. The van der Waals surface area contributed by atoms with Crippen LogP contribution in [0.4, 0.5) is 4.39 Å². The van der Waals surface area contributed by atoms with Crippen LogP contribution in [-0.2, 0) is 0 Å². The van der Waals surface area contributed by atoms with E-state index in [4.69, 9.17) is 4.74 Å². The minimum Gasteiger partial charge on any atom is -0.496 e. The molecule has 0 saturated heterocycles. The first-order chi connectivity index (χ1) is 5.74. The monoisotopic (exact) mass is 187 g/mol. The van der Waals surface area contributed by atoms with E-state index in [9.17, 15) is 4.39 Å². The fourth-order valence-corrected chi connectivity index (χ4v) is 0.794. The molecule has 0 aliphatic heterocycles. The summed E-state index contributed by atoms with van der Waals surface area (Å²) < 4.78 is 17.3. The number of ether oxygens (including phenoxy) is 1. The van der Waals surface area contributed by atoms with Crippen molar-refractivity contribution in [2.24, 2.45) is 0 Å². The Balaban J connectivity index is 0. The van der Waals surface area contributed by atoms with Crippen LogP contribution in [0, 0.1) is 12.7 Å². The lowest BCUT2D eigenvalue weighted by molar-refractivity contribution is 0.408. The predicted octanol–water partition coefficient (Wildman–Crippen LogP) is 3.33. The molecule has 0 aliphatic rings. The van der Waals surface area contributed by atoms with E-state index in [2.05, 4.69) is 0 Å². The topological polar surface area (TPSA) is 44.2 Å². The summed E-state index contributed by atoms with van der Waals surface area (Å²) >= 11 is 0. The molecule has 0 radical (unpaired) electrons. The molecule has 0 bridgehead atoms. The zero-order valence-corrected chi connectivity index (χ0v) is 8.73. The first kappa shape index (κ1) is 14.4. The van der Waals surface area contributed by atoms with Gasteiger partial charge in [-0.05, 0) is 18.6 Å². The molecule has 0 amide bonds. The summed E-state index contributed by atoms with van der Waals surface area (Å²) in [6, 6.07) is 4.47. The molecule has 2 nitrogen and oxygen atoms in total. The number of halogens is 1. The Morgan fingerprint density at radius 2 is 1.77 bits per heavy atom. The largest absolute Gasteiger partial charge is 0.496 e. The summed E-state index contributed by atoms with van der Waals surface area (Å²) in [7, 11) is 1.53. The molecule has 3 N–H and O–H groups in total. The van der Waals surface area contributed by atoms with Gasteiger partial charge in [0.05, 0.1) is 7.11 Å². The second-order valence-corrected chi connectivity index (χ2v) is 2.11. The average Bonchev–Trinajstić information content (AvgIpc) is 2.13. The number of methoxy groups -OCH3 is 1. The van der Waals surface area contributed by atoms with E-state index in [0.717, 1.165) is 5.56 Å². The SMILES string of the molecule is CC.COc1cc(F)ccc1C.N. The molecule has 0 heterocycles. The van der Waals surface area contributed by atoms with Gasteiger partial charge in [0.1, 0.15) is 11.6 Å². The van der Waals surface area contributed by atoms with Crippen molar-refractivity contribution < 1.29 is 9.13 Å². The van der Waals surface area contributed by atoms with Crippen LogP contribution in [0.15, 0.2) is 18.2 Å². The third kappa shape index (κ3) is 4.48. The molecule has 1 rings (SSSR count). The lowest BCUT2D eigenvalue weighted by atomic mass is 10.2. The zero-order chi connectivity index (χ0) is 9.56. The number of aryl methyl sites for hydroxylation is 1. The first-order valence-corrected chi connectivity index (χ1v) is 4.04. The molecule has 0 aliphatic carbocycles.